The average Bonchev–Trinajstić information content (AvgIpc) is 3.34. The third-order valence-corrected chi connectivity index (χ3v) is 5.95. The molecule has 1 aliphatic rings. The second kappa shape index (κ2) is 18.9. The van der Waals surface area contributed by atoms with Crippen molar-refractivity contribution in [1.82, 2.24) is 25.3 Å². The first-order valence-electron chi connectivity index (χ1n) is 12.5. The van der Waals surface area contributed by atoms with Crippen LogP contribution in [0.4, 0.5) is 5.13 Å². The molecule has 0 unspecified atom stereocenters. The molecular weight excluding hydrogens is 464 g/mol. The molecule has 1 saturated heterocycles. The quantitative estimate of drug-likeness (QED) is 0.385. The molecular formula is C25H46N6O3S. The lowest BCUT2D eigenvalue weighted by Crippen LogP contribution is -2.43. The Hall–Kier alpha value is -2.33. The summed E-state index contributed by atoms with van der Waals surface area (Å²) >= 11 is 1.23. The molecule has 1 fully saturated rings. The predicted octanol–water partition coefficient (Wildman–Crippen LogP) is 3.95. The number of likely N-dealkylation sites (tertiary alicyclic amines) is 1. The molecule has 2 rings (SSSR count). The van der Waals surface area contributed by atoms with E-state index in [0.717, 1.165) is 6.04 Å². The van der Waals surface area contributed by atoms with Crippen molar-refractivity contribution in [2.75, 3.05) is 32.0 Å². The third kappa shape index (κ3) is 14.0. The Kier molecular flexibility index (Phi) is 17.7. The van der Waals surface area contributed by atoms with Gasteiger partial charge in [0, 0.05) is 18.7 Å². The van der Waals surface area contributed by atoms with Crippen LogP contribution in [0.3, 0.4) is 0 Å². The number of nitrogens with zero attached hydrogens (tertiary/aromatic N) is 4. The van der Waals surface area contributed by atoms with E-state index in [1.165, 1.54) is 60.5 Å². The van der Waals surface area contributed by atoms with Crippen LogP contribution in [-0.4, -0.2) is 77.0 Å². The number of rotatable bonds is 9. The SMILES string of the molecule is C/C(=C\[C@H](C(C)C)N(C)C(=O)CNC=O)C(=O)Nc1nncs1.CC(C)N1CCCCC1.CCC. The van der Waals surface area contributed by atoms with E-state index in [1.807, 2.05) is 13.8 Å². The van der Waals surface area contributed by atoms with Gasteiger partial charge in [0.25, 0.3) is 5.91 Å². The van der Waals surface area contributed by atoms with Crippen molar-refractivity contribution < 1.29 is 14.4 Å². The fourth-order valence-electron chi connectivity index (χ4n) is 3.36. The second-order valence-corrected chi connectivity index (χ2v) is 10.0. The van der Waals surface area contributed by atoms with E-state index >= 15 is 0 Å². The van der Waals surface area contributed by atoms with Crippen molar-refractivity contribution in [1.29, 1.82) is 0 Å². The van der Waals surface area contributed by atoms with Gasteiger partial charge in [0.1, 0.15) is 5.51 Å². The summed E-state index contributed by atoms with van der Waals surface area (Å²) in [5.74, 6) is -0.423. The number of likely N-dealkylation sites (N-methyl/N-ethyl adjacent to an activating group) is 1. The molecule has 0 saturated carbocycles. The number of anilines is 1. The summed E-state index contributed by atoms with van der Waals surface area (Å²) in [7, 11) is 1.64. The van der Waals surface area contributed by atoms with Gasteiger partial charge < -0.3 is 15.1 Å². The van der Waals surface area contributed by atoms with Crippen LogP contribution in [0.25, 0.3) is 0 Å². The molecule has 9 nitrogen and oxygen atoms in total. The summed E-state index contributed by atoms with van der Waals surface area (Å²) in [6.45, 7) is 17.0. The highest BCUT2D eigenvalue weighted by Crippen LogP contribution is 2.15. The van der Waals surface area contributed by atoms with Gasteiger partial charge in [-0.15, -0.1) is 10.2 Å². The van der Waals surface area contributed by atoms with Crippen LogP contribution < -0.4 is 10.6 Å². The molecule has 200 valence electrons. The van der Waals surface area contributed by atoms with Gasteiger partial charge >= 0.3 is 0 Å². The summed E-state index contributed by atoms with van der Waals surface area (Å²) in [5.41, 5.74) is 2.00. The number of aromatic nitrogens is 2. The zero-order valence-electron chi connectivity index (χ0n) is 22.8. The van der Waals surface area contributed by atoms with Gasteiger partial charge in [-0.2, -0.15) is 0 Å². The van der Waals surface area contributed by atoms with Crippen LogP contribution in [0.5, 0.6) is 0 Å². The van der Waals surface area contributed by atoms with Crippen LogP contribution in [-0.2, 0) is 14.4 Å². The van der Waals surface area contributed by atoms with Crippen molar-refractivity contribution in [3.05, 3.63) is 17.2 Å². The van der Waals surface area contributed by atoms with Crippen LogP contribution in [0.15, 0.2) is 17.2 Å². The Morgan fingerprint density at radius 2 is 1.77 bits per heavy atom. The van der Waals surface area contributed by atoms with Crippen LogP contribution >= 0.6 is 11.3 Å². The molecule has 10 heteroatoms. The zero-order chi connectivity index (χ0) is 26.8. The number of hydrogen-bond donors (Lipinski definition) is 2. The van der Waals surface area contributed by atoms with E-state index in [0.29, 0.717) is 17.1 Å². The van der Waals surface area contributed by atoms with E-state index in [9.17, 15) is 14.4 Å². The molecule has 0 aromatic carbocycles. The van der Waals surface area contributed by atoms with Gasteiger partial charge in [-0.05, 0) is 52.6 Å². The van der Waals surface area contributed by atoms with E-state index in [-0.39, 0.29) is 30.3 Å². The molecule has 1 aromatic heterocycles. The molecule has 0 aliphatic carbocycles. The normalized spacial score (nSPS) is 14.7. The average molecular weight is 511 g/mol. The Morgan fingerprint density at radius 3 is 2.20 bits per heavy atom. The highest BCUT2D eigenvalue weighted by Gasteiger charge is 2.22. The Bertz CT molecular complexity index is 746. The zero-order valence-corrected chi connectivity index (χ0v) is 23.7. The van der Waals surface area contributed by atoms with Crippen molar-refractivity contribution in [2.45, 2.75) is 86.2 Å². The number of piperidine rings is 1. The number of carbonyl (C=O) groups excluding carboxylic acids is 3. The van der Waals surface area contributed by atoms with E-state index in [1.54, 1.807) is 20.0 Å². The van der Waals surface area contributed by atoms with Crippen molar-refractivity contribution in [3.63, 3.8) is 0 Å². The minimum atomic E-state index is -0.292. The van der Waals surface area contributed by atoms with E-state index < -0.39 is 0 Å². The standard InChI is InChI=1S/C14H21N5O3S.C8H17N.C3H8/c1-9(2)11(19(4)12(21)6-15-7-20)5-10(3)13(22)17-14-18-16-8-23-14;1-8(2)9-6-4-3-5-7-9;1-3-2/h5,7-9,11H,6H2,1-4H3,(H,15,20)(H,17,18,22);8H,3-7H2,1-2H3;3H2,1-2H3/b10-5+;;/t11-;;/m1../s1. The van der Waals surface area contributed by atoms with Crippen molar-refractivity contribution >= 4 is 34.7 Å². The van der Waals surface area contributed by atoms with Gasteiger partial charge in [-0.3, -0.25) is 19.7 Å². The minimum absolute atomic E-state index is 0.0763. The van der Waals surface area contributed by atoms with E-state index in [4.69, 9.17) is 0 Å². The van der Waals surface area contributed by atoms with E-state index in [2.05, 4.69) is 53.4 Å². The van der Waals surface area contributed by atoms with Gasteiger partial charge in [-0.1, -0.05) is 57.9 Å². The number of nitrogens with one attached hydrogen (secondary N) is 2. The Morgan fingerprint density at radius 1 is 1.17 bits per heavy atom. The molecule has 2 N–H and O–H groups in total. The maximum Gasteiger partial charge on any atom is 0.252 e. The molecule has 0 spiro atoms. The highest BCUT2D eigenvalue weighted by atomic mass is 32.1. The van der Waals surface area contributed by atoms with Crippen molar-refractivity contribution in [3.8, 4) is 0 Å². The number of carbonyl (C=O) groups is 3. The lowest BCUT2D eigenvalue weighted by Gasteiger charge is -2.29. The molecule has 1 aliphatic heterocycles. The van der Waals surface area contributed by atoms with Gasteiger partial charge in [-0.25, -0.2) is 0 Å². The smallest absolute Gasteiger partial charge is 0.252 e. The summed E-state index contributed by atoms with van der Waals surface area (Å²) in [6, 6.07) is 0.501. The number of amides is 3. The summed E-state index contributed by atoms with van der Waals surface area (Å²) in [6.07, 6.45) is 7.74. The first-order valence-corrected chi connectivity index (χ1v) is 13.4. The molecule has 1 atom stereocenters. The fourth-order valence-corrected chi connectivity index (χ4v) is 3.80. The van der Waals surface area contributed by atoms with Crippen LogP contribution in [0.2, 0.25) is 0 Å². The van der Waals surface area contributed by atoms with Crippen LogP contribution in [0, 0.1) is 5.92 Å². The fraction of sp³-hybridized carbons (Fsp3) is 0.720. The monoisotopic (exact) mass is 510 g/mol. The van der Waals surface area contributed by atoms with Crippen LogP contribution in [0.1, 0.15) is 74.1 Å². The summed E-state index contributed by atoms with van der Waals surface area (Å²) in [5, 5.41) is 12.8. The summed E-state index contributed by atoms with van der Waals surface area (Å²) < 4.78 is 0. The Labute approximate surface area is 215 Å². The molecule has 1 aromatic rings. The molecule has 0 bridgehead atoms. The maximum absolute atomic E-state index is 12.1. The summed E-state index contributed by atoms with van der Waals surface area (Å²) in [4.78, 5) is 38.5. The lowest BCUT2D eigenvalue weighted by molar-refractivity contribution is -0.132. The first-order chi connectivity index (χ1) is 16.6. The van der Waals surface area contributed by atoms with Gasteiger partial charge in [0.2, 0.25) is 17.4 Å². The highest BCUT2D eigenvalue weighted by molar-refractivity contribution is 7.13. The molecule has 0 radical (unpaired) electrons. The largest absolute Gasteiger partial charge is 0.350 e. The Balaban J connectivity index is 0.000000791. The maximum atomic E-state index is 12.1. The third-order valence-electron chi connectivity index (χ3n) is 5.34. The molecule has 35 heavy (non-hydrogen) atoms. The second-order valence-electron chi connectivity index (χ2n) is 9.18. The molecule has 3 amide bonds. The van der Waals surface area contributed by atoms with Gasteiger partial charge in [0.15, 0.2) is 0 Å². The minimum Gasteiger partial charge on any atom is -0.350 e. The number of hydrogen-bond acceptors (Lipinski definition) is 7. The predicted molar refractivity (Wildman–Crippen MR) is 144 cm³/mol. The lowest BCUT2D eigenvalue weighted by atomic mass is 10.00. The van der Waals surface area contributed by atoms with Crippen molar-refractivity contribution in [2.24, 2.45) is 5.92 Å². The first kappa shape index (κ1) is 32.7. The topological polar surface area (TPSA) is 108 Å². The van der Waals surface area contributed by atoms with Gasteiger partial charge in [0.05, 0.1) is 12.6 Å². The molecule has 2 heterocycles.